The number of carbonyl (C=O) groups excluding carboxylic acids is 1. The maximum Gasteiger partial charge on any atom is 0.264 e. The smallest absolute Gasteiger partial charge is 0.264 e. The molecule has 1 amide bonds. The fraction of sp³-hybridized carbons (Fsp3) is 0.375. The molecule has 0 radical (unpaired) electrons. The van der Waals surface area contributed by atoms with E-state index in [2.05, 4.69) is 11.4 Å². The number of hydrogen-bond acceptors (Lipinski definition) is 5. The third-order valence-corrected chi connectivity index (χ3v) is 4.19. The first-order valence-corrected chi connectivity index (χ1v) is 8.32. The van der Waals surface area contributed by atoms with Crippen LogP contribution in [0.15, 0.2) is 40.9 Å². The minimum atomic E-state index is -0.331. The Morgan fingerprint density at radius 1 is 1.36 bits per heavy atom. The van der Waals surface area contributed by atoms with Crippen LogP contribution >= 0.6 is 11.8 Å². The van der Waals surface area contributed by atoms with Crippen LogP contribution in [0, 0.1) is 11.3 Å². The van der Waals surface area contributed by atoms with E-state index in [1.54, 1.807) is 0 Å². The van der Waals surface area contributed by atoms with Crippen LogP contribution in [-0.2, 0) is 16.1 Å². The summed E-state index contributed by atoms with van der Waals surface area (Å²) in [6.07, 6.45) is 1.88. The Balaban J connectivity index is 2.08. The molecule has 1 aliphatic heterocycles. The van der Waals surface area contributed by atoms with E-state index in [9.17, 15) is 10.1 Å². The molecule has 0 saturated carbocycles. The second-order valence-corrected chi connectivity index (χ2v) is 5.56. The van der Waals surface area contributed by atoms with Crippen LogP contribution in [0.2, 0.25) is 0 Å². The molecule has 0 atom stereocenters. The minimum Gasteiger partial charge on any atom is -0.378 e. The van der Waals surface area contributed by atoms with Crippen molar-refractivity contribution in [2.24, 2.45) is 0 Å². The zero-order valence-electron chi connectivity index (χ0n) is 12.5. The molecule has 0 bridgehead atoms. The van der Waals surface area contributed by atoms with Crippen LogP contribution in [0.4, 0.5) is 0 Å². The Kier molecular flexibility index (Phi) is 6.31. The van der Waals surface area contributed by atoms with Gasteiger partial charge in [-0.05, 0) is 11.8 Å². The fourth-order valence-corrected chi connectivity index (χ4v) is 3.00. The molecular formula is C16H19N3O2S. The van der Waals surface area contributed by atoms with Gasteiger partial charge < -0.3 is 15.0 Å². The predicted molar refractivity (Wildman–Crippen MR) is 86.8 cm³/mol. The van der Waals surface area contributed by atoms with Crippen molar-refractivity contribution in [2.45, 2.75) is 6.54 Å². The van der Waals surface area contributed by atoms with E-state index in [1.165, 1.54) is 11.8 Å². The monoisotopic (exact) mass is 317 g/mol. The van der Waals surface area contributed by atoms with Crippen molar-refractivity contribution in [1.82, 2.24) is 10.2 Å². The number of morpholine rings is 1. The van der Waals surface area contributed by atoms with Gasteiger partial charge in [0.05, 0.1) is 18.2 Å². The van der Waals surface area contributed by atoms with Gasteiger partial charge in [-0.1, -0.05) is 30.3 Å². The van der Waals surface area contributed by atoms with E-state index in [4.69, 9.17) is 4.74 Å². The standard InChI is InChI=1S/C16H19N3O2S/c1-22-16(19-7-9-21-10-8-19)14(11-17)15(20)18-12-13-5-3-2-4-6-13/h2-6H,7-10,12H2,1H3,(H,18,20). The highest BCUT2D eigenvalue weighted by molar-refractivity contribution is 8.02. The van der Waals surface area contributed by atoms with Gasteiger partial charge in [0.15, 0.2) is 0 Å². The zero-order chi connectivity index (χ0) is 15.8. The topological polar surface area (TPSA) is 65.4 Å². The summed E-state index contributed by atoms with van der Waals surface area (Å²) in [7, 11) is 0. The molecule has 1 saturated heterocycles. The minimum absolute atomic E-state index is 0.172. The molecule has 0 spiro atoms. The summed E-state index contributed by atoms with van der Waals surface area (Å²) in [4.78, 5) is 14.4. The van der Waals surface area contributed by atoms with Gasteiger partial charge in [0.25, 0.3) is 5.91 Å². The van der Waals surface area contributed by atoms with E-state index in [0.29, 0.717) is 32.8 Å². The van der Waals surface area contributed by atoms with Crippen molar-refractivity contribution in [3.8, 4) is 6.07 Å². The SMILES string of the molecule is CSC(=C(C#N)C(=O)NCc1ccccc1)N1CCOCC1. The third-order valence-electron chi connectivity index (χ3n) is 3.34. The lowest BCUT2D eigenvalue weighted by Gasteiger charge is -2.30. The van der Waals surface area contributed by atoms with E-state index in [-0.39, 0.29) is 11.5 Å². The number of hydrogen-bond donors (Lipinski definition) is 1. The molecular weight excluding hydrogens is 298 g/mol. The van der Waals surface area contributed by atoms with E-state index < -0.39 is 0 Å². The zero-order valence-corrected chi connectivity index (χ0v) is 13.4. The van der Waals surface area contributed by atoms with Crippen molar-refractivity contribution in [2.75, 3.05) is 32.6 Å². The van der Waals surface area contributed by atoms with E-state index in [0.717, 1.165) is 10.6 Å². The number of benzene rings is 1. The third kappa shape index (κ3) is 4.26. The molecule has 0 aromatic heterocycles. The van der Waals surface area contributed by atoms with Crippen molar-refractivity contribution in [1.29, 1.82) is 5.26 Å². The summed E-state index contributed by atoms with van der Waals surface area (Å²) in [5, 5.41) is 12.9. The van der Waals surface area contributed by atoms with Crippen molar-refractivity contribution in [3.63, 3.8) is 0 Å². The fourth-order valence-electron chi connectivity index (χ4n) is 2.22. The van der Waals surface area contributed by atoms with E-state index >= 15 is 0 Å². The number of nitriles is 1. The van der Waals surface area contributed by atoms with Gasteiger partial charge in [-0.2, -0.15) is 5.26 Å². The van der Waals surface area contributed by atoms with Crippen molar-refractivity contribution < 1.29 is 9.53 Å². The molecule has 2 rings (SSSR count). The number of carbonyl (C=O) groups is 1. The molecule has 0 unspecified atom stereocenters. The van der Waals surface area contributed by atoms with Gasteiger partial charge in [-0.25, -0.2) is 0 Å². The summed E-state index contributed by atoms with van der Waals surface area (Å²) >= 11 is 1.43. The molecule has 1 aromatic carbocycles. The number of nitrogens with one attached hydrogen (secondary N) is 1. The quantitative estimate of drug-likeness (QED) is 0.662. The Bertz CT molecular complexity index is 575. The van der Waals surface area contributed by atoms with Crippen LogP contribution in [0.5, 0.6) is 0 Å². The molecule has 1 aromatic rings. The van der Waals surface area contributed by atoms with Gasteiger partial charge in [0, 0.05) is 19.6 Å². The Labute approximate surface area is 134 Å². The highest BCUT2D eigenvalue weighted by atomic mass is 32.2. The molecule has 1 aliphatic rings. The first-order chi connectivity index (χ1) is 10.8. The predicted octanol–water partition coefficient (Wildman–Crippen LogP) is 1.73. The average Bonchev–Trinajstić information content (AvgIpc) is 2.59. The average molecular weight is 317 g/mol. The van der Waals surface area contributed by atoms with Gasteiger partial charge in [-0.15, -0.1) is 11.8 Å². The maximum atomic E-state index is 12.3. The van der Waals surface area contributed by atoms with Crippen molar-refractivity contribution >= 4 is 17.7 Å². The van der Waals surface area contributed by atoms with Crippen LogP contribution in [-0.4, -0.2) is 43.4 Å². The number of rotatable bonds is 5. The first kappa shape index (κ1) is 16.4. The molecule has 116 valence electrons. The summed E-state index contributed by atoms with van der Waals surface area (Å²) in [5.41, 5.74) is 1.18. The van der Waals surface area contributed by atoms with E-state index in [1.807, 2.05) is 41.5 Å². The summed E-state index contributed by atoms with van der Waals surface area (Å²) in [5.74, 6) is -0.331. The molecule has 6 heteroatoms. The number of nitrogens with zero attached hydrogens (tertiary/aromatic N) is 2. The maximum absolute atomic E-state index is 12.3. The Hall–Kier alpha value is -1.97. The molecule has 1 N–H and O–H groups in total. The number of amides is 1. The van der Waals surface area contributed by atoms with Gasteiger partial charge in [-0.3, -0.25) is 4.79 Å². The normalized spacial score (nSPS) is 15.7. The number of thioether (sulfide) groups is 1. The van der Waals surface area contributed by atoms with Gasteiger partial charge >= 0.3 is 0 Å². The summed E-state index contributed by atoms with van der Waals surface area (Å²) in [6, 6.07) is 11.7. The largest absolute Gasteiger partial charge is 0.378 e. The molecule has 5 nitrogen and oxygen atoms in total. The lowest BCUT2D eigenvalue weighted by molar-refractivity contribution is -0.117. The second kappa shape index (κ2) is 8.47. The summed E-state index contributed by atoms with van der Waals surface area (Å²) < 4.78 is 5.32. The highest BCUT2D eigenvalue weighted by Crippen LogP contribution is 2.23. The second-order valence-electron chi connectivity index (χ2n) is 4.76. The molecule has 1 heterocycles. The van der Waals surface area contributed by atoms with Gasteiger partial charge in [0.1, 0.15) is 11.6 Å². The molecule has 22 heavy (non-hydrogen) atoms. The molecule has 1 fully saturated rings. The van der Waals surface area contributed by atoms with Crippen molar-refractivity contribution in [3.05, 3.63) is 46.5 Å². The Morgan fingerprint density at radius 3 is 2.64 bits per heavy atom. The lowest BCUT2D eigenvalue weighted by atomic mass is 10.2. The number of ether oxygens (including phenoxy) is 1. The van der Waals surface area contributed by atoms with Gasteiger partial charge in [0.2, 0.25) is 0 Å². The van der Waals surface area contributed by atoms with Crippen LogP contribution in [0.25, 0.3) is 0 Å². The van der Waals surface area contributed by atoms with Crippen LogP contribution in [0.1, 0.15) is 5.56 Å². The summed E-state index contributed by atoms with van der Waals surface area (Å²) in [6.45, 7) is 3.05. The highest BCUT2D eigenvalue weighted by Gasteiger charge is 2.21. The van der Waals surface area contributed by atoms with Crippen LogP contribution in [0.3, 0.4) is 0 Å². The van der Waals surface area contributed by atoms with Crippen LogP contribution < -0.4 is 5.32 Å². The Morgan fingerprint density at radius 2 is 2.05 bits per heavy atom. The first-order valence-electron chi connectivity index (χ1n) is 7.09. The lowest BCUT2D eigenvalue weighted by Crippen LogP contribution is -2.37. The molecule has 0 aliphatic carbocycles.